The number of hydrogen-bond donors (Lipinski definition) is 3. The van der Waals surface area contributed by atoms with Gasteiger partial charge in [-0.15, -0.1) is 0 Å². The number of anilines is 1. The van der Waals surface area contributed by atoms with Gasteiger partial charge in [-0.1, -0.05) is 0 Å². The maximum Gasteiger partial charge on any atom is 0.203 e. The lowest BCUT2D eigenvalue weighted by Crippen LogP contribution is -2.42. The van der Waals surface area contributed by atoms with Crippen LogP contribution in [0.3, 0.4) is 0 Å². The van der Waals surface area contributed by atoms with Gasteiger partial charge in [0.05, 0.1) is 18.8 Å². The van der Waals surface area contributed by atoms with Gasteiger partial charge in [-0.3, -0.25) is 0 Å². The molecule has 0 amide bonds. The predicted octanol–water partition coefficient (Wildman–Crippen LogP) is 0.00172. The fraction of sp³-hybridized carbons (Fsp3) is 0.714. The highest BCUT2D eigenvalue weighted by Gasteiger charge is 2.23. The molecule has 1 aromatic heterocycles. The van der Waals surface area contributed by atoms with Crippen LogP contribution in [0.2, 0.25) is 0 Å². The minimum atomic E-state index is -0.730. The maximum absolute atomic E-state index is 8.99. The van der Waals surface area contributed by atoms with Crippen LogP contribution in [0.1, 0.15) is 12.7 Å². The van der Waals surface area contributed by atoms with Crippen LogP contribution in [0.4, 0.5) is 5.13 Å². The molecular formula is C7H13N3O2S. The van der Waals surface area contributed by atoms with Crippen molar-refractivity contribution < 1.29 is 10.2 Å². The second kappa shape index (κ2) is 3.99. The molecule has 0 aromatic carbocycles. The number of aromatic nitrogens is 2. The minimum absolute atomic E-state index is 0.151. The van der Waals surface area contributed by atoms with E-state index in [4.69, 9.17) is 10.2 Å². The summed E-state index contributed by atoms with van der Waals surface area (Å²) in [7, 11) is 0. The maximum atomic E-state index is 8.99. The van der Waals surface area contributed by atoms with Crippen LogP contribution in [0.25, 0.3) is 0 Å². The third-order valence-electron chi connectivity index (χ3n) is 1.63. The predicted molar refractivity (Wildman–Crippen MR) is 50.8 cm³/mol. The quantitative estimate of drug-likeness (QED) is 0.642. The smallest absolute Gasteiger partial charge is 0.203 e. The second-order valence-corrected chi connectivity index (χ2v) is 3.90. The van der Waals surface area contributed by atoms with Gasteiger partial charge in [0.1, 0.15) is 5.82 Å². The first-order valence-corrected chi connectivity index (χ1v) is 4.67. The van der Waals surface area contributed by atoms with Crippen molar-refractivity contribution in [2.24, 2.45) is 0 Å². The summed E-state index contributed by atoms with van der Waals surface area (Å²) < 4.78 is 3.97. The lowest BCUT2D eigenvalue weighted by molar-refractivity contribution is 0.147. The number of nitrogens with one attached hydrogen (secondary N) is 1. The average Bonchev–Trinajstić information content (AvgIpc) is 2.51. The van der Waals surface area contributed by atoms with E-state index in [1.165, 1.54) is 11.5 Å². The van der Waals surface area contributed by atoms with Gasteiger partial charge in [0.2, 0.25) is 5.13 Å². The number of aryl methyl sites for hydroxylation is 1. The van der Waals surface area contributed by atoms with Crippen molar-refractivity contribution in [3.63, 3.8) is 0 Å². The van der Waals surface area contributed by atoms with E-state index in [1.807, 2.05) is 0 Å². The zero-order valence-electron chi connectivity index (χ0n) is 7.61. The molecule has 1 aromatic rings. The molecule has 0 saturated heterocycles. The van der Waals surface area contributed by atoms with E-state index in [2.05, 4.69) is 14.7 Å². The van der Waals surface area contributed by atoms with Crippen LogP contribution in [0.5, 0.6) is 0 Å². The summed E-state index contributed by atoms with van der Waals surface area (Å²) in [6, 6.07) is 0. The topological polar surface area (TPSA) is 78.3 Å². The Balaban J connectivity index is 2.67. The van der Waals surface area contributed by atoms with Crippen molar-refractivity contribution in [3.8, 4) is 0 Å². The third kappa shape index (κ3) is 2.61. The Labute approximate surface area is 80.6 Å². The number of hydrogen-bond acceptors (Lipinski definition) is 6. The highest BCUT2D eigenvalue weighted by molar-refractivity contribution is 7.09. The second-order valence-electron chi connectivity index (χ2n) is 3.15. The average molecular weight is 203 g/mol. The number of nitrogens with zero attached hydrogens (tertiary/aromatic N) is 2. The van der Waals surface area contributed by atoms with Crippen molar-refractivity contribution >= 4 is 16.7 Å². The highest BCUT2D eigenvalue weighted by Crippen LogP contribution is 2.16. The molecule has 0 unspecified atom stereocenters. The summed E-state index contributed by atoms with van der Waals surface area (Å²) in [6.45, 7) is 3.20. The van der Waals surface area contributed by atoms with Gasteiger partial charge in [0.25, 0.3) is 0 Å². The van der Waals surface area contributed by atoms with Crippen molar-refractivity contribution in [2.45, 2.75) is 19.4 Å². The Morgan fingerprint density at radius 3 is 2.46 bits per heavy atom. The molecule has 0 aliphatic rings. The van der Waals surface area contributed by atoms with Crippen LogP contribution >= 0.6 is 11.5 Å². The molecule has 74 valence electrons. The van der Waals surface area contributed by atoms with Gasteiger partial charge in [-0.25, -0.2) is 4.98 Å². The first kappa shape index (κ1) is 10.4. The van der Waals surface area contributed by atoms with Gasteiger partial charge >= 0.3 is 0 Å². The standard InChI is InChI=1S/C7H13N3O2S/c1-5-8-6(13-10-5)9-7(2,3-11)4-12/h11-12H,3-4H2,1-2H3,(H,8,9,10). The SMILES string of the molecule is Cc1nsc(NC(C)(CO)CO)n1. The normalized spacial score (nSPS) is 11.7. The zero-order chi connectivity index (χ0) is 9.90. The molecule has 3 N–H and O–H groups in total. The number of rotatable bonds is 4. The van der Waals surface area contributed by atoms with Gasteiger partial charge in [-0.05, 0) is 13.8 Å². The lowest BCUT2D eigenvalue weighted by atomic mass is 10.1. The Kier molecular flexibility index (Phi) is 3.18. The van der Waals surface area contributed by atoms with Crippen LogP contribution in [-0.2, 0) is 0 Å². The molecule has 1 heterocycles. The molecule has 13 heavy (non-hydrogen) atoms. The fourth-order valence-electron chi connectivity index (χ4n) is 0.735. The molecule has 0 aliphatic heterocycles. The van der Waals surface area contributed by atoms with Crippen molar-refractivity contribution in [1.29, 1.82) is 0 Å². The van der Waals surface area contributed by atoms with Crippen molar-refractivity contribution in [1.82, 2.24) is 9.36 Å². The molecule has 5 nitrogen and oxygen atoms in total. The molecule has 0 aliphatic carbocycles. The summed E-state index contributed by atoms with van der Waals surface area (Å²) in [5.74, 6) is 0.686. The molecule has 0 bridgehead atoms. The summed E-state index contributed by atoms with van der Waals surface area (Å²) in [6.07, 6.45) is 0. The van der Waals surface area contributed by atoms with Crippen molar-refractivity contribution in [3.05, 3.63) is 5.82 Å². The van der Waals surface area contributed by atoms with Gasteiger partial charge < -0.3 is 15.5 Å². The minimum Gasteiger partial charge on any atom is -0.394 e. The fourth-order valence-corrected chi connectivity index (χ4v) is 1.46. The third-order valence-corrected chi connectivity index (χ3v) is 2.36. The van der Waals surface area contributed by atoms with Crippen LogP contribution in [0, 0.1) is 6.92 Å². The number of aliphatic hydroxyl groups is 2. The first-order chi connectivity index (χ1) is 6.09. The monoisotopic (exact) mass is 203 g/mol. The molecule has 6 heteroatoms. The van der Waals surface area contributed by atoms with Crippen LogP contribution in [-0.4, -0.2) is 38.3 Å². The molecule has 0 fully saturated rings. The lowest BCUT2D eigenvalue weighted by Gasteiger charge is -2.25. The van der Waals surface area contributed by atoms with Gasteiger partial charge in [0, 0.05) is 11.5 Å². The Morgan fingerprint density at radius 2 is 2.08 bits per heavy atom. The van der Waals surface area contributed by atoms with E-state index in [9.17, 15) is 0 Å². The molecule has 0 radical (unpaired) electrons. The van der Waals surface area contributed by atoms with Crippen LogP contribution in [0.15, 0.2) is 0 Å². The molecule has 1 rings (SSSR count). The number of aliphatic hydroxyl groups excluding tert-OH is 2. The van der Waals surface area contributed by atoms with E-state index < -0.39 is 5.54 Å². The Bertz CT molecular complexity index is 272. The van der Waals surface area contributed by atoms with E-state index in [0.717, 1.165) is 0 Å². The summed E-state index contributed by atoms with van der Waals surface area (Å²) in [5.41, 5.74) is -0.730. The van der Waals surface area contributed by atoms with Gasteiger partial charge in [0.15, 0.2) is 0 Å². The van der Waals surface area contributed by atoms with Crippen molar-refractivity contribution in [2.75, 3.05) is 18.5 Å². The Hall–Kier alpha value is -0.720. The first-order valence-electron chi connectivity index (χ1n) is 3.90. The summed E-state index contributed by atoms with van der Waals surface area (Å²) >= 11 is 1.21. The largest absolute Gasteiger partial charge is 0.394 e. The highest BCUT2D eigenvalue weighted by atomic mass is 32.1. The molecule has 0 atom stereocenters. The molecular weight excluding hydrogens is 190 g/mol. The molecule has 0 saturated carbocycles. The Morgan fingerprint density at radius 1 is 1.46 bits per heavy atom. The van der Waals surface area contributed by atoms with E-state index in [1.54, 1.807) is 13.8 Å². The summed E-state index contributed by atoms with van der Waals surface area (Å²) in [5, 5.41) is 21.5. The van der Waals surface area contributed by atoms with Gasteiger partial charge in [-0.2, -0.15) is 4.37 Å². The molecule has 0 spiro atoms. The summed E-state index contributed by atoms with van der Waals surface area (Å²) in [4.78, 5) is 4.07. The van der Waals surface area contributed by atoms with E-state index in [0.29, 0.717) is 11.0 Å². The van der Waals surface area contributed by atoms with Crippen LogP contribution < -0.4 is 5.32 Å². The van der Waals surface area contributed by atoms with E-state index in [-0.39, 0.29) is 13.2 Å². The zero-order valence-corrected chi connectivity index (χ0v) is 8.43. The van der Waals surface area contributed by atoms with E-state index >= 15 is 0 Å².